The first-order chi connectivity index (χ1) is 7.56. The van der Waals surface area contributed by atoms with Crippen molar-refractivity contribution in [3.63, 3.8) is 0 Å². The lowest BCUT2D eigenvalue weighted by atomic mass is 10.1. The van der Waals surface area contributed by atoms with Crippen LogP contribution in [0, 0.1) is 5.92 Å². The lowest BCUT2D eigenvalue weighted by molar-refractivity contribution is -0.134. The molecule has 0 radical (unpaired) electrons. The van der Waals surface area contributed by atoms with Gasteiger partial charge in [-0.2, -0.15) is 0 Å². The minimum atomic E-state index is 0.0521. The summed E-state index contributed by atoms with van der Waals surface area (Å²) in [5.74, 6) is 0.742. The van der Waals surface area contributed by atoms with Gasteiger partial charge in [-0.3, -0.25) is 4.79 Å². The third-order valence-electron chi connectivity index (χ3n) is 3.12. The van der Waals surface area contributed by atoms with E-state index in [4.69, 9.17) is 10.5 Å². The van der Waals surface area contributed by atoms with E-state index in [9.17, 15) is 4.79 Å². The van der Waals surface area contributed by atoms with Gasteiger partial charge in [-0.25, -0.2) is 0 Å². The molecule has 0 spiro atoms. The fourth-order valence-electron chi connectivity index (χ4n) is 1.87. The molecule has 1 unspecified atom stereocenters. The average Bonchev–Trinajstić information content (AvgIpc) is 3.00. The summed E-state index contributed by atoms with van der Waals surface area (Å²) in [5, 5.41) is 0. The maximum absolute atomic E-state index is 12.0. The fourth-order valence-corrected chi connectivity index (χ4v) is 1.87. The molecule has 0 aromatic carbocycles. The smallest absolute Gasteiger partial charge is 0.224 e. The minimum absolute atomic E-state index is 0.0521. The number of ether oxygens (including phenoxy) is 1. The quantitative estimate of drug-likeness (QED) is 0.707. The average molecular weight is 228 g/mol. The third-order valence-corrected chi connectivity index (χ3v) is 3.12. The van der Waals surface area contributed by atoms with Crippen molar-refractivity contribution in [2.45, 2.75) is 45.2 Å². The number of nitrogens with zero attached hydrogens (tertiary/aromatic N) is 1. The summed E-state index contributed by atoms with van der Waals surface area (Å²) in [4.78, 5) is 13.9. The van der Waals surface area contributed by atoms with Gasteiger partial charge >= 0.3 is 0 Å². The zero-order valence-corrected chi connectivity index (χ0v) is 10.6. The molecule has 1 saturated carbocycles. The predicted molar refractivity (Wildman–Crippen MR) is 64.0 cm³/mol. The van der Waals surface area contributed by atoms with Crippen LogP contribution in [-0.4, -0.2) is 43.2 Å². The van der Waals surface area contributed by atoms with Crippen molar-refractivity contribution >= 4 is 5.91 Å². The zero-order chi connectivity index (χ0) is 12.1. The van der Waals surface area contributed by atoms with Crippen LogP contribution in [0.2, 0.25) is 0 Å². The molecule has 4 nitrogen and oxygen atoms in total. The molecule has 0 bridgehead atoms. The fraction of sp³-hybridized carbons (Fsp3) is 0.917. The highest BCUT2D eigenvalue weighted by Crippen LogP contribution is 2.33. The maximum atomic E-state index is 12.0. The summed E-state index contributed by atoms with van der Waals surface area (Å²) in [6.07, 6.45) is 2.86. The van der Waals surface area contributed by atoms with E-state index in [1.54, 1.807) is 7.11 Å². The predicted octanol–water partition coefficient (Wildman–Crippen LogP) is 0.997. The van der Waals surface area contributed by atoms with Crippen LogP contribution in [0.25, 0.3) is 0 Å². The Bertz CT molecular complexity index is 227. The second-order valence-corrected chi connectivity index (χ2v) is 4.88. The van der Waals surface area contributed by atoms with Crippen LogP contribution >= 0.6 is 0 Å². The van der Waals surface area contributed by atoms with Crippen molar-refractivity contribution < 1.29 is 9.53 Å². The normalized spacial score (nSPS) is 17.6. The van der Waals surface area contributed by atoms with E-state index in [2.05, 4.69) is 0 Å². The van der Waals surface area contributed by atoms with E-state index in [-0.39, 0.29) is 18.0 Å². The van der Waals surface area contributed by atoms with Crippen molar-refractivity contribution in [2.24, 2.45) is 11.7 Å². The van der Waals surface area contributed by atoms with Gasteiger partial charge in [-0.1, -0.05) is 0 Å². The van der Waals surface area contributed by atoms with Crippen molar-refractivity contribution in [3.8, 4) is 0 Å². The Hall–Kier alpha value is -0.610. The molecule has 1 aliphatic carbocycles. The van der Waals surface area contributed by atoms with E-state index in [1.165, 1.54) is 12.8 Å². The maximum Gasteiger partial charge on any atom is 0.224 e. The molecule has 2 N–H and O–H groups in total. The van der Waals surface area contributed by atoms with E-state index in [0.717, 1.165) is 0 Å². The number of amides is 1. The van der Waals surface area contributed by atoms with Crippen molar-refractivity contribution in [3.05, 3.63) is 0 Å². The molecule has 0 aromatic heterocycles. The molecule has 1 rings (SSSR count). The number of rotatable bonds is 7. The molecule has 1 amide bonds. The molecule has 0 saturated heterocycles. The highest BCUT2D eigenvalue weighted by atomic mass is 16.5. The molecule has 1 atom stereocenters. The lowest BCUT2D eigenvalue weighted by Gasteiger charge is -2.27. The number of methoxy groups -OCH3 is 1. The van der Waals surface area contributed by atoms with Crippen LogP contribution in [0.15, 0.2) is 0 Å². The van der Waals surface area contributed by atoms with Gasteiger partial charge in [-0.05, 0) is 32.6 Å². The number of carbonyl (C=O) groups is 1. The number of hydrogen-bond donors (Lipinski definition) is 1. The molecule has 0 aliphatic heterocycles. The Morgan fingerprint density at radius 3 is 2.56 bits per heavy atom. The van der Waals surface area contributed by atoms with Crippen LogP contribution < -0.4 is 5.73 Å². The topological polar surface area (TPSA) is 55.6 Å². The van der Waals surface area contributed by atoms with Gasteiger partial charge in [0.1, 0.15) is 0 Å². The molecule has 4 heteroatoms. The molecule has 0 heterocycles. The lowest BCUT2D eigenvalue weighted by Crippen LogP contribution is -2.42. The Balaban J connectivity index is 2.39. The minimum Gasteiger partial charge on any atom is -0.383 e. The SMILES string of the molecule is COCCN(C(=O)CC(N)C1CC1)C(C)C. The molecular weight excluding hydrogens is 204 g/mol. The number of carbonyl (C=O) groups excluding carboxylic acids is 1. The van der Waals surface area contributed by atoms with Crippen LogP contribution in [0.4, 0.5) is 0 Å². The van der Waals surface area contributed by atoms with Crippen molar-refractivity contribution in [1.29, 1.82) is 0 Å². The second kappa shape index (κ2) is 6.21. The monoisotopic (exact) mass is 228 g/mol. The first-order valence-corrected chi connectivity index (χ1v) is 6.10. The van der Waals surface area contributed by atoms with Crippen LogP contribution in [0.1, 0.15) is 33.1 Å². The van der Waals surface area contributed by atoms with Gasteiger partial charge in [0.05, 0.1) is 6.61 Å². The molecular formula is C12H24N2O2. The molecule has 94 valence electrons. The van der Waals surface area contributed by atoms with Crippen LogP contribution in [0.3, 0.4) is 0 Å². The van der Waals surface area contributed by atoms with E-state index >= 15 is 0 Å². The first-order valence-electron chi connectivity index (χ1n) is 6.10. The van der Waals surface area contributed by atoms with E-state index < -0.39 is 0 Å². The first kappa shape index (κ1) is 13.5. The van der Waals surface area contributed by atoms with Crippen LogP contribution in [0.5, 0.6) is 0 Å². The van der Waals surface area contributed by atoms with Gasteiger partial charge in [0.15, 0.2) is 0 Å². The summed E-state index contributed by atoms with van der Waals surface area (Å²) < 4.78 is 5.01. The Morgan fingerprint density at radius 1 is 1.50 bits per heavy atom. The standard InChI is InChI=1S/C12H24N2O2/c1-9(2)14(6-7-16-3)12(15)8-11(13)10-4-5-10/h9-11H,4-8,13H2,1-3H3. The summed E-state index contributed by atoms with van der Waals surface area (Å²) in [6, 6.07) is 0.269. The highest BCUT2D eigenvalue weighted by Gasteiger charge is 2.31. The largest absolute Gasteiger partial charge is 0.383 e. The third kappa shape index (κ3) is 4.10. The summed E-state index contributed by atoms with van der Waals surface area (Å²) >= 11 is 0. The van der Waals surface area contributed by atoms with Crippen molar-refractivity contribution in [2.75, 3.05) is 20.3 Å². The Morgan fingerprint density at radius 2 is 2.12 bits per heavy atom. The molecule has 16 heavy (non-hydrogen) atoms. The second-order valence-electron chi connectivity index (χ2n) is 4.88. The molecule has 1 aliphatic rings. The highest BCUT2D eigenvalue weighted by molar-refractivity contribution is 5.77. The number of hydrogen-bond acceptors (Lipinski definition) is 3. The van der Waals surface area contributed by atoms with E-state index in [0.29, 0.717) is 25.5 Å². The zero-order valence-electron chi connectivity index (χ0n) is 10.6. The van der Waals surface area contributed by atoms with E-state index in [1.807, 2.05) is 18.7 Å². The Kier molecular flexibility index (Phi) is 5.22. The van der Waals surface area contributed by atoms with Gasteiger partial charge in [-0.15, -0.1) is 0 Å². The van der Waals surface area contributed by atoms with Crippen LogP contribution in [-0.2, 0) is 9.53 Å². The van der Waals surface area contributed by atoms with Crippen molar-refractivity contribution in [1.82, 2.24) is 4.90 Å². The number of nitrogens with two attached hydrogens (primary N) is 1. The Labute approximate surface area is 98.1 Å². The van der Waals surface area contributed by atoms with Gasteiger partial charge in [0.2, 0.25) is 5.91 Å². The summed E-state index contributed by atoms with van der Waals surface area (Å²) in [5.41, 5.74) is 5.97. The molecule has 1 fully saturated rings. The summed E-state index contributed by atoms with van der Waals surface area (Å²) in [6.45, 7) is 5.29. The van der Waals surface area contributed by atoms with Gasteiger partial charge < -0.3 is 15.4 Å². The summed E-state index contributed by atoms with van der Waals surface area (Å²) in [7, 11) is 1.65. The van der Waals surface area contributed by atoms with Gasteiger partial charge in [0.25, 0.3) is 0 Å². The van der Waals surface area contributed by atoms with Gasteiger partial charge in [0, 0.05) is 32.2 Å². The molecule has 0 aromatic rings.